The number of carbonyl (C=O) groups excluding carboxylic acids is 1. The summed E-state index contributed by atoms with van der Waals surface area (Å²) >= 11 is 1.04. The Balaban J connectivity index is 1.89. The molecule has 0 saturated carbocycles. The number of terminal acetylenes is 1. The van der Waals surface area contributed by atoms with Gasteiger partial charge in [0, 0.05) is 17.3 Å². The molecule has 11 heteroatoms. The van der Waals surface area contributed by atoms with Crippen molar-refractivity contribution in [2.75, 3.05) is 18.6 Å². The number of nitrogens with two attached hydrogens (primary N) is 1. The predicted octanol–water partition coefficient (Wildman–Crippen LogP) is 3.41. The fourth-order valence-corrected chi connectivity index (χ4v) is 4.58. The molecule has 1 aliphatic heterocycles. The van der Waals surface area contributed by atoms with Crippen molar-refractivity contribution in [1.29, 1.82) is 0 Å². The molecular weight excluding hydrogens is 443 g/mol. The number of nitrogens with zero attached hydrogens (tertiary/aromatic N) is 3. The lowest BCUT2D eigenvalue weighted by molar-refractivity contribution is 0.102. The van der Waals surface area contributed by atoms with E-state index in [9.17, 15) is 18.0 Å². The van der Waals surface area contributed by atoms with Gasteiger partial charge in [-0.2, -0.15) is 0 Å². The number of aliphatic imine (C=N–C) groups is 1. The van der Waals surface area contributed by atoms with E-state index in [1.54, 1.807) is 6.92 Å². The molecule has 3 rings (SSSR count). The highest BCUT2D eigenvalue weighted by Gasteiger charge is 2.44. The van der Waals surface area contributed by atoms with E-state index < -0.39 is 34.5 Å². The SMILES string of the molecule is C#CCOc1cnc(C(=O)Nc2cc(F)c(F)c([C@]3(C)C[C@](C)(CF)SC(N)=N3)c2)cn1. The van der Waals surface area contributed by atoms with Crippen LogP contribution in [0.25, 0.3) is 0 Å². The first-order valence-electron chi connectivity index (χ1n) is 9.38. The number of amidine groups is 1. The van der Waals surface area contributed by atoms with Gasteiger partial charge in [-0.05, 0) is 26.3 Å². The van der Waals surface area contributed by atoms with E-state index in [0.717, 1.165) is 24.0 Å². The Morgan fingerprint density at radius 1 is 1.34 bits per heavy atom. The molecule has 1 aromatic carbocycles. The Hall–Kier alpha value is -3.26. The Kier molecular flexibility index (Phi) is 6.64. The fourth-order valence-electron chi connectivity index (χ4n) is 3.42. The molecule has 1 amide bonds. The molecule has 168 valence electrons. The van der Waals surface area contributed by atoms with Crippen molar-refractivity contribution < 1.29 is 22.7 Å². The molecule has 0 spiro atoms. The first-order valence-corrected chi connectivity index (χ1v) is 10.2. The quantitative estimate of drug-likeness (QED) is 0.637. The van der Waals surface area contributed by atoms with Gasteiger partial charge in [0.05, 0.1) is 22.7 Å². The molecule has 3 N–H and O–H groups in total. The van der Waals surface area contributed by atoms with Crippen molar-refractivity contribution in [3.8, 4) is 18.2 Å². The van der Waals surface area contributed by atoms with Gasteiger partial charge in [0.15, 0.2) is 23.4 Å². The molecule has 32 heavy (non-hydrogen) atoms. The number of hydrogen-bond acceptors (Lipinski definition) is 7. The van der Waals surface area contributed by atoms with Gasteiger partial charge in [0.2, 0.25) is 5.88 Å². The average molecular weight is 463 g/mol. The Bertz CT molecular complexity index is 1110. The van der Waals surface area contributed by atoms with E-state index >= 15 is 0 Å². The van der Waals surface area contributed by atoms with Crippen molar-refractivity contribution >= 4 is 28.5 Å². The predicted molar refractivity (Wildman–Crippen MR) is 116 cm³/mol. The standard InChI is InChI=1S/C21H20F3N5O2S/c1-4-5-31-16-9-26-15(8-27-16)18(30)28-12-6-13(17(24)14(23)7-12)21(3)10-20(2,11-22)32-19(25)29-21/h1,6-9H,5,10-11H2,2-3H3,(H2,25,29)(H,28,30)/t20-,21+/m1/s1. The van der Waals surface area contributed by atoms with Crippen LogP contribution in [0.5, 0.6) is 5.88 Å². The van der Waals surface area contributed by atoms with Crippen LogP contribution in [0, 0.1) is 24.0 Å². The third kappa shape index (κ3) is 4.96. The molecule has 0 unspecified atom stereocenters. The zero-order chi connectivity index (χ0) is 23.5. The van der Waals surface area contributed by atoms with Crippen molar-refractivity contribution in [3.63, 3.8) is 0 Å². The van der Waals surface area contributed by atoms with Gasteiger partial charge >= 0.3 is 0 Å². The highest BCUT2D eigenvalue weighted by atomic mass is 32.2. The minimum absolute atomic E-state index is 0.0103. The van der Waals surface area contributed by atoms with E-state index in [4.69, 9.17) is 16.9 Å². The zero-order valence-electron chi connectivity index (χ0n) is 17.3. The van der Waals surface area contributed by atoms with Gasteiger partial charge in [-0.3, -0.25) is 9.79 Å². The number of aromatic nitrogens is 2. The Labute approximate surface area is 187 Å². The van der Waals surface area contributed by atoms with Crippen LogP contribution >= 0.6 is 11.8 Å². The number of benzene rings is 1. The maximum atomic E-state index is 14.8. The number of anilines is 1. The molecule has 0 bridgehead atoms. The number of amides is 1. The number of alkyl halides is 1. The fraction of sp³-hybridized carbons (Fsp3) is 0.333. The van der Waals surface area contributed by atoms with Gasteiger partial charge < -0.3 is 15.8 Å². The average Bonchev–Trinajstić information content (AvgIpc) is 2.74. The lowest BCUT2D eigenvalue weighted by atomic mass is 9.83. The highest BCUT2D eigenvalue weighted by Crippen LogP contribution is 2.46. The number of halogens is 3. The highest BCUT2D eigenvalue weighted by molar-refractivity contribution is 8.15. The number of rotatable bonds is 6. The summed E-state index contributed by atoms with van der Waals surface area (Å²) in [6.07, 6.45) is 7.52. The van der Waals surface area contributed by atoms with Gasteiger partial charge in [-0.25, -0.2) is 23.1 Å². The largest absolute Gasteiger partial charge is 0.463 e. The summed E-state index contributed by atoms with van der Waals surface area (Å²) in [6.45, 7) is 2.43. The number of carbonyl (C=O) groups is 1. The van der Waals surface area contributed by atoms with Crippen LogP contribution in [-0.2, 0) is 5.54 Å². The Morgan fingerprint density at radius 2 is 2.09 bits per heavy atom. The van der Waals surface area contributed by atoms with E-state index in [-0.39, 0.29) is 41.0 Å². The molecule has 2 heterocycles. The molecule has 1 aliphatic rings. The monoisotopic (exact) mass is 463 g/mol. The second-order valence-corrected chi connectivity index (χ2v) is 9.20. The van der Waals surface area contributed by atoms with Crippen molar-refractivity contribution in [1.82, 2.24) is 9.97 Å². The van der Waals surface area contributed by atoms with Crippen molar-refractivity contribution in [2.45, 2.75) is 30.6 Å². The minimum atomic E-state index is -1.34. The van der Waals surface area contributed by atoms with Crippen molar-refractivity contribution in [3.05, 3.63) is 47.4 Å². The maximum absolute atomic E-state index is 14.8. The summed E-state index contributed by atoms with van der Waals surface area (Å²) in [5.74, 6) is -0.658. The number of ether oxygens (including phenoxy) is 1. The molecule has 7 nitrogen and oxygen atoms in total. The van der Waals surface area contributed by atoms with Crippen molar-refractivity contribution in [2.24, 2.45) is 10.7 Å². The smallest absolute Gasteiger partial charge is 0.275 e. The second-order valence-electron chi connectivity index (χ2n) is 7.59. The molecule has 2 aromatic rings. The number of nitrogens with one attached hydrogen (secondary N) is 1. The van der Waals surface area contributed by atoms with Gasteiger partial charge in [-0.1, -0.05) is 17.7 Å². The van der Waals surface area contributed by atoms with E-state index in [2.05, 4.69) is 26.2 Å². The van der Waals surface area contributed by atoms with Gasteiger partial charge in [0.1, 0.15) is 12.4 Å². The van der Waals surface area contributed by atoms with Gasteiger partial charge in [0.25, 0.3) is 5.91 Å². The molecular formula is C21H20F3N5O2S. The third-order valence-electron chi connectivity index (χ3n) is 4.74. The zero-order valence-corrected chi connectivity index (χ0v) is 18.1. The van der Waals surface area contributed by atoms with Gasteiger partial charge in [-0.15, -0.1) is 6.42 Å². The van der Waals surface area contributed by atoms with Crippen LogP contribution in [0.3, 0.4) is 0 Å². The molecule has 0 radical (unpaired) electrons. The van der Waals surface area contributed by atoms with E-state index in [1.165, 1.54) is 19.2 Å². The van der Waals surface area contributed by atoms with Crippen LogP contribution in [0.2, 0.25) is 0 Å². The molecule has 0 saturated heterocycles. The maximum Gasteiger partial charge on any atom is 0.275 e. The van der Waals surface area contributed by atoms with Crippen LogP contribution in [0.4, 0.5) is 18.9 Å². The normalized spacial score (nSPS) is 22.6. The summed E-state index contributed by atoms with van der Waals surface area (Å²) in [7, 11) is 0. The molecule has 0 aliphatic carbocycles. The number of thioether (sulfide) groups is 1. The third-order valence-corrected chi connectivity index (χ3v) is 5.79. The summed E-state index contributed by atoms with van der Waals surface area (Å²) in [5.41, 5.74) is 4.24. The summed E-state index contributed by atoms with van der Waals surface area (Å²) in [5, 5.41) is 2.52. The lowest BCUT2D eigenvalue weighted by Gasteiger charge is -2.39. The summed E-state index contributed by atoms with van der Waals surface area (Å²) < 4.78 is 46.9. The molecule has 0 fully saturated rings. The van der Waals surface area contributed by atoms with E-state index in [1.807, 2.05) is 0 Å². The van der Waals surface area contributed by atoms with E-state index in [0.29, 0.717) is 0 Å². The first-order chi connectivity index (χ1) is 15.1. The minimum Gasteiger partial charge on any atom is -0.463 e. The Morgan fingerprint density at radius 3 is 2.72 bits per heavy atom. The van der Waals surface area contributed by atoms with Crippen LogP contribution in [-0.4, -0.2) is 39.1 Å². The summed E-state index contributed by atoms with van der Waals surface area (Å²) in [4.78, 5) is 24.6. The first kappa shape index (κ1) is 23.4. The lowest BCUT2D eigenvalue weighted by Crippen LogP contribution is -2.42. The topological polar surface area (TPSA) is 102 Å². The summed E-state index contributed by atoms with van der Waals surface area (Å²) in [6, 6.07) is 2.08. The van der Waals surface area contributed by atoms with Crippen LogP contribution < -0.4 is 15.8 Å². The van der Waals surface area contributed by atoms with Crippen LogP contribution in [0.1, 0.15) is 36.3 Å². The molecule has 1 aromatic heterocycles. The van der Waals surface area contributed by atoms with Crippen LogP contribution in [0.15, 0.2) is 29.5 Å². The molecule has 2 atom stereocenters. The number of hydrogen-bond donors (Lipinski definition) is 2. The second kappa shape index (κ2) is 9.08.